The van der Waals surface area contributed by atoms with Crippen molar-refractivity contribution in [3.63, 3.8) is 0 Å². The minimum absolute atomic E-state index is 0.0725. The van der Waals surface area contributed by atoms with E-state index in [1.165, 1.54) is 17.8 Å². The Morgan fingerprint density at radius 1 is 1.00 bits per heavy atom. The maximum Gasteiger partial charge on any atom is 0.419 e. The monoisotopic (exact) mass is 541 g/mol. The van der Waals surface area contributed by atoms with Gasteiger partial charge in [-0.25, -0.2) is 14.4 Å². The third-order valence-corrected chi connectivity index (χ3v) is 7.02. The molecule has 0 saturated heterocycles. The molecule has 206 valence electrons. The number of carbonyl (C=O) groups excluding carboxylic acids is 2. The summed E-state index contributed by atoms with van der Waals surface area (Å²) in [5.74, 6) is -1.35. The van der Waals surface area contributed by atoms with Crippen LogP contribution in [0.3, 0.4) is 0 Å². The summed E-state index contributed by atoms with van der Waals surface area (Å²) in [6, 6.07) is 18.1. The summed E-state index contributed by atoms with van der Waals surface area (Å²) in [4.78, 5) is 43.8. The number of carboxylic acid groups (broad SMARTS) is 1. The smallest absolute Gasteiger partial charge is 0.419 e. The third kappa shape index (κ3) is 5.14. The SMILES string of the molecule is CN(C(=O)OCC1c2ccccc2-c2ccccc21)[C@@H](Cc1cn(C(=O)OC(C)(C)C)c2cccnc12)C(=O)O. The molecule has 1 aliphatic rings. The minimum Gasteiger partial charge on any atom is -0.480 e. The van der Waals surface area contributed by atoms with Crippen LogP contribution in [0.2, 0.25) is 0 Å². The molecule has 1 N–H and O–H groups in total. The van der Waals surface area contributed by atoms with Crippen molar-refractivity contribution in [1.29, 1.82) is 0 Å². The molecule has 0 bridgehead atoms. The lowest BCUT2D eigenvalue weighted by Gasteiger charge is -2.25. The van der Waals surface area contributed by atoms with Crippen molar-refractivity contribution in [2.75, 3.05) is 13.7 Å². The number of benzene rings is 2. The summed E-state index contributed by atoms with van der Waals surface area (Å²) in [5, 5.41) is 10.1. The number of ether oxygens (including phenoxy) is 2. The topological polar surface area (TPSA) is 111 Å². The standard InChI is InChI=1S/C31H31N3O6/c1-31(2,3)40-30(38)34-17-19(27-25(34)14-9-15-32-27)16-26(28(35)36)33(4)29(37)39-18-24-22-12-7-5-10-20(22)21-11-6-8-13-23(21)24/h5-15,17,24,26H,16,18H2,1-4H3,(H,35,36)/t26-/m0/s1. The molecule has 0 aliphatic heterocycles. The lowest BCUT2D eigenvalue weighted by molar-refractivity contribution is -0.142. The zero-order chi connectivity index (χ0) is 28.6. The summed E-state index contributed by atoms with van der Waals surface area (Å²) in [5.41, 5.74) is 5.05. The maximum atomic E-state index is 13.1. The number of aromatic nitrogens is 2. The number of fused-ring (bicyclic) bond motifs is 4. The van der Waals surface area contributed by atoms with Gasteiger partial charge < -0.3 is 14.6 Å². The highest BCUT2D eigenvalue weighted by atomic mass is 16.6. The Bertz CT molecular complexity index is 1560. The van der Waals surface area contributed by atoms with Crippen LogP contribution in [0.1, 0.15) is 43.4 Å². The van der Waals surface area contributed by atoms with E-state index < -0.39 is 29.8 Å². The van der Waals surface area contributed by atoms with Crippen LogP contribution in [0.4, 0.5) is 9.59 Å². The number of aliphatic carboxylic acids is 1. The lowest BCUT2D eigenvalue weighted by Crippen LogP contribution is -2.44. The van der Waals surface area contributed by atoms with E-state index in [9.17, 15) is 19.5 Å². The first-order valence-electron chi connectivity index (χ1n) is 13.0. The van der Waals surface area contributed by atoms with Gasteiger partial charge in [-0.15, -0.1) is 0 Å². The minimum atomic E-state index is -1.25. The quantitative estimate of drug-likeness (QED) is 0.334. The first-order valence-corrected chi connectivity index (χ1v) is 13.0. The van der Waals surface area contributed by atoms with Crippen molar-refractivity contribution in [3.8, 4) is 11.1 Å². The Hall–Kier alpha value is -4.66. The van der Waals surface area contributed by atoms with E-state index in [1.807, 2.05) is 48.5 Å². The summed E-state index contributed by atoms with van der Waals surface area (Å²) in [6.45, 7) is 5.36. The molecule has 0 unspecified atom stereocenters. The molecule has 9 heteroatoms. The first-order chi connectivity index (χ1) is 19.0. The molecule has 0 fully saturated rings. The summed E-state index contributed by atoms with van der Waals surface area (Å²) >= 11 is 0. The number of nitrogens with zero attached hydrogens (tertiary/aromatic N) is 3. The van der Waals surface area contributed by atoms with Gasteiger partial charge in [-0.1, -0.05) is 48.5 Å². The van der Waals surface area contributed by atoms with Crippen LogP contribution in [0, 0.1) is 0 Å². The van der Waals surface area contributed by atoms with E-state index in [2.05, 4.69) is 4.98 Å². The molecule has 2 aromatic heterocycles. The van der Waals surface area contributed by atoms with Crippen LogP contribution in [0.15, 0.2) is 73.1 Å². The fourth-order valence-corrected chi connectivity index (χ4v) is 5.16. The van der Waals surface area contributed by atoms with Crippen LogP contribution >= 0.6 is 0 Å². The zero-order valence-corrected chi connectivity index (χ0v) is 22.8. The molecule has 1 amide bonds. The Kier molecular flexibility index (Phi) is 7.06. The maximum absolute atomic E-state index is 13.1. The van der Waals surface area contributed by atoms with Gasteiger partial charge in [-0.2, -0.15) is 0 Å². The number of carbonyl (C=O) groups is 3. The zero-order valence-electron chi connectivity index (χ0n) is 22.8. The van der Waals surface area contributed by atoms with Crippen molar-refractivity contribution >= 4 is 29.2 Å². The Balaban J connectivity index is 1.35. The van der Waals surface area contributed by atoms with Crippen molar-refractivity contribution in [1.82, 2.24) is 14.5 Å². The van der Waals surface area contributed by atoms with Gasteiger partial charge in [-0.05, 0) is 60.7 Å². The number of carboxylic acids is 1. The number of amides is 1. The second-order valence-electron chi connectivity index (χ2n) is 10.8. The van der Waals surface area contributed by atoms with Crippen molar-refractivity contribution in [2.24, 2.45) is 0 Å². The van der Waals surface area contributed by atoms with E-state index in [4.69, 9.17) is 9.47 Å². The molecule has 4 aromatic rings. The Morgan fingerprint density at radius 3 is 2.23 bits per heavy atom. The van der Waals surface area contributed by atoms with Gasteiger partial charge in [0, 0.05) is 31.8 Å². The fraction of sp³-hybridized carbons (Fsp3) is 0.290. The lowest BCUT2D eigenvalue weighted by atomic mass is 9.98. The van der Waals surface area contributed by atoms with Crippen LogP contribution < -0.4 is 0 Å². The molecule has 0 saturated carbocycles. The molecular weight excluding hydrogens is 510 g/mol. The van der Waals surface area contributed by atoms with Gasteiger partial charge in [0.2, 0.25) is 0 Å². The van der Waals surface area contributed by atoms with Crippen molar-refractivity contribution in [3.05, 3.63) is 89.7 Å². The highest BCUT2D eigenvalue weighted by Gasteiger charge is 2.33. The summed E-state index contributed by atoms with van der Waals surface area (Å²) in [7, 11) is 1.40. The van der Waals surface area contributed by atoms with E-state index in [0.29, 0.717) is 16.6 Å². The van der Waals surface area contributed by atoms with Crippen LogP contribution in [0.5, 0.6) is 0 Å². The molecule has 40 heavy (non-hydrogen) atoms. The Morgan fingerprint density at radius 2 is 1.62 bits per heavy atom. The Labute approximate surface area is 232 Å². The second-order valence-corrected chi connectivity index (χ2v) is 10.8. The van der Waals surface area contributed by atoms with Gasteiger partial charge >= 0.3 is 18.2 Å². The van der Waals surface area contributed by atoms with Gasteiger partial charge in [-0.3, -0.25) is 14.5 Å². The van der Waals surface area contributed by atoms with Gasteiger partial charge in [0.25, 0.3) is 0 Å². The number of rotatable bonds is 6. The van der Waals surface area contributed by atoms with Gasteiger partial charge in [0.15, 0.2) is 0 Å². The van der Waals surface area contributed by atoms with Crippen LogP contribution in [-0.2, 0) is 20.7 Å². The number of likely N-dealkylation sites (N-methyl/N-ethyl adjacent to an activating group) is 1. The van der Waals surface area contributed by atoms with Crippen molar-refractivity contribution < 1.29 is 29.0 Å². The molecule has 2 aromatic carbocycles. The second kappa shape index (κ2) is 10.5. The van der Waals surface area contributed by atoms with Gasteiger partial charge in [0.05, 0.1) is 11.0 Å². The molecule has 1 aliphatic carbocycles. The fourth-order valence-electron chi connectivity index (χ4n) is 5.16. The van der Waals surface area contributed by atoms with E-state index in [1.54, 1.807) is 39.1 Å². The molecule has 0 spiro atoms. The predicted octanol–water partition coefficient (Wildman–Crippen LogP) is 5.70. The third-order valence-electron chi connectivity index (χ3n) is 7.02. The highest BCUT2D eigenvalue weighted by molar-refractivity contribution is 5.90. The average Bonchev–Trinajstić information content (AvgIpc) is 3.45. The summed E-state index contributed by atoms with van der Waals surface area (Å²) in [6.07, 6.45) is 1.65. The molecule has 0 radical (unpaired) electrons. The molecule has 2 heterocycles. The van der Waals surface area contributed by atoms with Crippen molar-refractivity contribution in [2.45, 2.75) is 44.8 Å². The number of hydrogen-bond donors (Lipinski definition) is 1. The van der Waals surface area contributed by atoms with Gasteiger partial charge in [0.1, 0.15) is 18.2 Å². The molecule has 5 rings (SSSR count). The number of hydrogen-bond acceptors (Lipinski definition) is 6. The van der Waals surface area contributed by atoms with E-state index in [0.717, 1.165) is 27.2 Å². The molecule has 1 atom stereocenters. The average molecular weight is 542 g/mol. The van der Waals surface area contributed by atoms with Crippen LogP contribution in [0.25, 0.3) is 22.2 Å². The molecular formula is C31H31N3O6. The van der Waals surface area contributed by atoms with Crippen LogP contribution in [-0.4, -0.2) is 63.0 Å². The van der Waals surface area contributed by atoms with E-state index in [-0.39, 0.29) is 18.9 Å². The largest absolute Gasteiger partial charge is 0.480 e. The van der Waals surface area contributed by atoms with E-state index >= 15 is 0 Å². The first kappa shape index (κ1) is 26.9. The normalized spacial score (nSPS) is 13.4. The predicted molar refractivity (Wildman–Crippen MR) is 149 cm³/mol. The molecule has 9 nitrogen and oxygen atoms in total. The summed E-state index contributed by atoms with van der Waals surface area (Å²) < 4.78 is 12.5. The highest BCUT2D eigenvalue weighted by Crippen LogP contribution is 2.44. The number of pyridine rings is 1.